The standard InChI is InChI=1S/C12H19N3O/c1-8-3-5-10(6-4-8)16-11-7-9(2)14-12(13)15-11/h7-8,10H,3-6H2,1-2H3,(H2,13,14,15). The van der Waals surface area contributed by atoms with Crippen LogP contribution in [0.3, 0.4) is 0 Å². The maximum atomic E-state index is 5.83. The number of nitrogens with zero attached hydrogens (tertiary/aromatic N) is 2. The predicted octanol–water partition coefficient (Wildman–Crippen LogP) is 2.32. The number of nitrogens with two attached hydrogens (primary N) is 1. The second kappa shape index (κ2) is 4.68. The Morgan fingerprint density at radius 2 is 1.94 bits per heavy atom. The smallest absolute Gasteiger partial charge is 0.223 e. The summed E-state index contributed by atoms with van der Waals surface area (Å²) in [6.45, 7) is 4.19. The molecule has 88 valence electrons. The summed E-state index contributed by atoms with van der Waals surface area (Å²) in [5, 5.41) is 0. The third kappa shape index (κ3) is 2.84. The van der Waals surface area contributed by atoms with Crippen LogP contribution >= 0.6 is 0 Å². The van der Waals surface area contributed by atoms with Crippen molar-refractivity contribution in [2.45, 2.75) is 45.6 Å². The molecule has 0 unspecified atom stereocenters. The zero-order valence-corrected chi connectivity index (χ0v) is 9.94. The molecule has 1 fully saturated rings. The summed E-state index contributed by atoms with van der Waals surface area (Å²) < 4.78 is 5.83. The Bertz CT molecular complexity index is 339. The first kappa shape index (κ1) is 11.2. The molecule has 4 nitrogen and oxygen atoms in total. The van der Waals surface area contributed by atoms with Gasteiger partial charge in [0.1, 0.15) is 6.10 Å². The minimum atomic E-state index is 0.291. The van der Waals surface area contributed by atoms with Crippen LogP contribution in [-0.4, -0.2) is 16.1 Å². The van der Waals surface area contributed by atoms with Gasteiger partial charge in [-0.2, -0.15) is 4.98 Å². The van der Waals surface area contributed by atoms with E-state index in [1.807, 2.05) is 13.0 Å². The first-order chi connectivity index (χ1) is 7.63. The van der Waals surface area contributed by atoms with Crippen molar-refractivity contribution >= 4 is 5.95 Å². The molecule has 1 heterocycles. The van der Waals surface area contributed by atoms with Crippen LogP contribution in [-0.2, 0) is 0 Å². The Morgan fingerprint density at radius 1 is 1.25 bits per heavy atom. The van der Waals surface area contributed by atoms with Gasteiger partial charge in [0.15, 0.2) is 0 Å². The topological polar surface area (TPSA) is 61.0 Å². The highest BCUT2D eigenvalue weighted by Crippen LogP contribution is 2.26. The van der Waals surface area contributed by atoms with E-state index in [1.54, 1.807) is 0 Å². The second-order valence-electron chi connectivity index (χ2n) is 4.71. The number of aromatic nitrogens is 2. The van der Waals surface area contributed by atoms with Crippen molar-refractivity contribution in [3.63, 3.8) is 0 Å². The number of aryl methyl sites for hydroxylation is 1. The van der Waals surface area contributed by atoms with Gasteiger partial charge in [-0.15, -0.1) is 0 Å². The van der Waals surface area contributed by atoms with Crippen LogP contribution in [0.5, 0.6) is 5.88 Å². The maximum absolute atomic E-state index is 5.83. The van der Waals surface area contributed by atoms with E-state index in [-0.39, 0.29) is 0 Å². The molecule has 0 atom stereocenters. The Morgan fingerprint density at radius 3 is 2.56 bits per heavy atom. The van der Waals surface area contributed by atoms with Gasteiger partial charge in [0.2, 0.25) is 11.8 Å². The SMILES string of the molecule is Cc1cc(OC2CCC(C)CC2)nc(N)n1. The van der Waals surface area contributed by atoms with Crippen LogP contribution in [0.2, 0.25) is 0 Å². The van der Waals surface area contributed by atoms with Crippen molar-refractivity contribution in [1.29, 1.82) is 0 Å². The number of ether oxygens (including phenoxy) is 1. The fraction of sp³-hybridized carbons (Fsp3) is 0.667. The summed E-state index contributed by atoms with van der Waals surface area (Å²) in [4.78, 5) is 8.12. The van der Waals surface area contributed by atoms with Gasteiger partial charge in [-0.05, 0) is 38.5 Å². The molecule has 1 aliphatic rings. The van der Waals surface area contributed by atoms with Crippen molar-refractivity contribution in [3.8, 4) is 5.88 Å². The minimum absolute atomic E-state index is 0.291. The van der Waals surface area contributed by atoms with E-state index in [1.165, 1.54) is 12.8 Å². The molecule has 0 amide bonds. The molecule has 2 rings (SSSR count). The van der Waals surface area contributed by atoms with Crippen LogP contribution in [0.25, 0.3) is 0 Å². The lowest BCUT2D eigenvalue weighted by molar-refractivity contribution is 0.130. The Balaban J connectivity index is 1.98. The lowest BCUT2D eigenvalue weighted by Crippen LogP contribution is -2.23. The average Bonchev–Trinajstić information content (AvgIpc) is 2.20. The summed E-state index contributed by atoms with van der Waals surface area (Å²) >= 11 is 0. The molecule has 0 aromatic carbocycles. The molecule has 0 bridgehead atoms. The third-order valence-electron chi connectivity index (χ3n) is 3.10. The Kier molecular flexibility index (Phi) is 3.27. The van der Waals surface area contributed by atoms with E-state index < -0.39 is 0 Å². The summed E-state index contributed by atoms with van der Waals surface area (Å²) in [7, 11) is 0. The molecule has 0 spiro atoms. The van der Waals surface area contributed by atoms with E-state index in [4.69, 9.17) is 10.5 Å². The monoisotopic (exact) mass is 221 g/mol. The number of rotatable bonds is 2. The van der Waals surface area contributed by atoms with E-state index in [9.17, 15) is 0 Å². The lowest BCUT2D eigenvalue weighted by Gasteiger charge is -2.26. The van der Waals surface area contributed by atoms with Gasteiger partial charge in [-0.3, -0.25) is 0 Å². The molecule has 1 aromatic heterocycles. The quantitative estimate of drug-likeness (QED) is 0.832. The average molecular weight is 221 g/mol. The molecule has 1 aliphatic carbocycles. The summed E-state index contributed by atoms with van der Waals surface area (Å²) in [6, 6.07) is 1.84. The maximum Gasteiger partial charge on any atom is 0.223 e. The molecule has 0 aliphatic heterocycles. The molecule has 0 radical (unpaired) electrons. The number of hydrogen-bond acceptors (Lipinski definition) is 4. The highest BCUT2D eigenvalue weighted by Gasteiger charge is 2.20. The number of nitrogen functional groups attached to an aromatic ring is 1. The Labute approximate surface area is 96.2 Å². The van der Waals surface area contributed by atoms with Gasteiger partial charge in [0.05, 0.1) is 0 Å². The van der Waals surface area contributed by atoms with Crippen LogP contribution in [0.15, 0.2) is 6.07 Å². The van der Waals surface area contributed by atoms with Gasteiger partial charge in [-0.1, -0.05) is 6.92 Å². The largest absolute Gasteiger partial charge is 0.474 e. The highest BCUT2D eigenvalue weighted by molar-refractivity contribution is 5.25. The summed E-state index contributed by atoms with van der Waals surface area (Å²) in [5.74, 6) is 1.74. The molecule has 16 heavy (non-hydrogen) atoms. The van der Waals surface area contributed by atoms with Crippen molar-refractivity contribution in [2.24, 2.45) is 5.92 Å². The van der Waals surface area contributed by atoms with Crippen molar-refractivity contribution in [2.75, 3.05) is 5.73 Å². The third-order valence-corrected chi connectivity index (χ3v) is 3.10. The predicted molar refractivity (Wildman–Crippen MR) is 63.2 cm³/mol. The second-order valence-corrected chi connectivity index (χ2v) is 4.71. The molecule has 1 saturated carbocycles. The molecular weight excluding hydrogens is 202 g/mol. The first-order valence-electron chi connectivity index (χ1n) is 5.91. The zero-order chi connectivity index (χ0) is 11.5. The lowest BCUT2D eigenvalue weighted by atomic mass is 9.89. The van der Waals surface area contributed by atoms with E-state index in [0.29, 0.717) is 17.9 Å². The van der Waals surface area contributed by atoms with E-state index in [0.717, 1.165) is 24.5 Å². The summed E-state index contributed by atoms with van der Waals surface area (Å²) in [6.07, 6.45) is 5.01. The first-order valence-corrected chi connectivity index (χ1v) is 5.91. The minimum Gasteiger partial charge on any atom is -0.474 e. The molecular formula is C12H19N3O. The van der Waals surface area contributed by atoms with Crippen molar-refractivity contribution in [1.82, 2.24) is 9.97 Å². The molecule has 4 heteroatoms. The number of hydrogen-bond donors (Lipinski definition) is 1. The van der Waals surface area contributed by atoms with Crippen LogP contribution in [0.1, 0.15) is 38.3 Å². The molecule has 1 aromatic rings. The van der Waals surface area contributed by atoms with Gasteiger partial charge >= 0.3 is 0 Å². The van der Waals surface area contributed by atoms with Crippen LogP contribution in [0.4, 0.5) is 5.95 Å². The van der Waals surface area contributed by atoms with E-state index >= 15 is 0 Å². The van der Waals surface area contributed by atoms with Gasteiger partial charge in [0, 0.05) is 11.8 Å². The van der Waals surface area contributed by atoms with Crippen LogP contribution in [0, 0.1) is 12.8 Å². The fourth-order valence-electron chi connectivity index (χ4n) is 2.14. The van der Waals surface area contributed by atoms with Gasteiger partial charge in [0.25, 0.3) is 0 Å². The normalized spacial score (nSPS) is 25.4. The van der Waals surface area contributed by atoms with E-state index in [2.05, 4.69) is 16.9 Å². The fourth-order valence-corrected chi connectivity index (χ4v) is 2.14. The summed E-state index contributed by atoms with van der Waals surface area (Å²) in [5.41, 5.74) is 6.44. The molecule has 2 N–H and O–H groups in total. The number of anilines is 1. The van der Waals surface area contributed by atoms with Crippen molar-refractivity contribution in [3.05, 3.63) is 11.8 Å². The molecule has 0 saturated heterocycles. The Hall–Kier alpha value is -1.32. The van der Waals surface area contributed by atoms with Crippen LogP contribution < -0.4 is 10.5 Å². The van der Waals surface area contributed by atoms with Gasteiger partial charge < -0.3 is 10.5 Å². The van der Waals surface area contributed by atoms with Crippen molar-refractivity contribution < 1.29 is 4.74 Å². The highest BCUT2D eigenvalue weighted by atomic mass is 16.5. The zero-order valence-electron chi connectivity index (χ0n) is 9.94. The van der Waals surface area contributed by atoms with Gasteiger partial charge in [-0.25, -0.2) is 4.98 Å².